The van der Waals surface area contributed by atoms with Crippen molar-refractivity contribution in [2.24, 2.45) is 0 Å². The zero-order valence-corrected chi connectivity index (χ0v) is 9.93. The molecule has 2 aliphatic rings. The summed E-state index contributed by atoms with van der Waals surface area (Å²) in [6.45, 7) is 1.81. The Morgan fingerprint density at radius 3 is 2.94 bits per heavy atom. The van der Waals surface area contributed by atoms with E-state index >= 15 is 0 Å². The van der Waals surface area contributed by atoms with Crippen LogP contribution in [0.15, 0.2) is 29.8 Å². The summed E-state index contributed by atoms with van der Waals surface area (Å²) in [7, 11) is 0. The Bertz CT molecular complexity index is 488. The minimum absolute atomic E-state index is 0.224. The van der Waals surface area contributed by atoms with Gasteiger partial charge in [0.15, 0.2) is 0 Å². The zero-order chi connectivity index (χ0) is 12.4. The summed E-state index contributed by atoms with van der Waals surface area (Å²) in [4.78, 5) is 11.4. The average molecular weight is 246 g/mol. The van der Waals surface area contributed by atoms with Crippen molar-refractivity contribution in [2.75, 3.05) is 19.8 Å². The molecule has 0 spiro atoms. The first-order valence-electron chi connectivity index (χ1n) is 6.04. The molecule has 0 aliphatic carbocycles. The molecule has 0 unspecified atom stereocenters. The summed E-state index contributed by atoms with van der Waals surface area (Å²) in [6.07, 6.45) is 2.74. The fraction of sp³-hybridized carbons (Fsp3) is 0.357. The highest BCUT2D eigenvalue weighted by Crippen LogP contribution is 2.25. The number of carbonyl (C=O) groups excluding carboxylic acids is 1. The number of benzene rings is 1. The minimum atomic E-state index is -0.227. The van der Waals surface area contributed by atoms with Crippen LogP contribution in [0.3, 0.4) is 0 Å². The van der Waals surface area contributed by atoms with E-state index in [4.69, 9.17) is 14.2 Å². The Morgan fingerprint density at radius 2 is 2.22 bits per heavy atom. The number of epoxide rings is 1. The van der Waals surface area contributed by atoms with Gasteiger partial charge in [-0.2, -0.15) is 0 Å². The van der Waals surface area contributed by atoms with Crippen LogP contribution in [0, 0.1) is 0 Å². The molecule has 2 saturated heterocycles. The Hall–Kier alpha value is -1.81. The van der Waals surface area contributed by atoms with E-state index in [0.717, 1.165) is 17.9 Å². The third-order valence-electron chi connectivity index (χ3n) is 2.94. The maximum atomic E-state index is 11.4. The summed E-state index contributed by atoms with van der Waals surface area (Å²) >= 11 is 0. The molecule has 2 aliphatic heterocycles. The van der Waals surface area contributed by atoms with Crippen LogP contribution in [-0.4, -0.2) is 31.9 Å². The number of ether oxygens (including phenoxy) is 3. The fourth-order valence-electron chi connectivity index (χ4n) is 1.85. The third kappa shape index (κ3) is 2.54. The molecule has 2 fully saturated rings. The van der Waals surface area contributed by atoms with Crippen LogP contribution >= 0.6 is 0 Å². The Balaban J connectivity index is 1.79. The zero-order valence-electron chi connectivity index (χ0n) is 9.93. The molecule has 1 aromatic rings. The largest absolute Gasteiger partial charge is 0.490 e. The van der Waals surface area contributed by atoms with Crippen molar-refractivity contribution in [3.8, 4) is 5.75 Å². The molecule has 0 radical (unpaired) electrons. The molecule has 0 bridgehead atoms. The molecule has 0 aromatic heterocycles. The van der Waals surface area contributed by atoms with Gasteiger partial charge in [0, 0.05) is 17.6 Å². The summed E-state index contributed by atoms with van der Waals surface area (Å²) in [6, 6.07) is 7.67. The van der Waals surface area contributed by atoms with Crippen molar-refractivity contribution in [1.82, 2.24) is 0 Å². The number of rotatable bonds is 4. The van der Waals surface area contributed by atoms with Gasteiger partial charge in [0.2, 0.25) is 0 Å². The van der Waals surface area contributed by atoms with Gasteiger partial charge >= 0.3 is 5.97 Å². The van der Waals surface area contributed by atoms with Crippen LogP contribution < -0.4 is 4.74 Å². The monoisotopic (exact) mass is 246 g/mol. The van der Waals surface area contributed by atoms with Gasteiger partial charge in [-0.05, 0) is 12.1 Å². The summed E-state index contributed by atoms with van der Waals surface area (Å²) in [5, 5.41) is 0. The molecule has 4 nitrogen and oxygen atoms in total. The number of esters is 1. The lowest BCUT2D eigenvalue weighted by atomic mass is 10.1. The third-order valence-corrected chi connectivity index (χ3v) is 2.94. The van der Waals surface area contributed by atoms with Crippen molar-refractivity contribution in [1.29, 1.82) is 0 Å². The van der Waals surface area contributed by atoms with E-state index in [0.29, 0.717) is 25.2 Å². The van der Waals surface area contributed by atoms with Crippen LogP contribution in [-0.2, 0) is 14.3 Å². The molecule has 1 atom stereocenters. The average Bonchev–Trinajstić information content (AvgIpc) is 3.13. The molecule has 3 rings (SSSR count). The van der Waals surface area contributed by atoms with Crippen molar-refractivity contribution < 1.29 is 19.0 Å². The first kappa shape index (κ1) is 11.3. The van der Waals surface area contributed by atoms with Gasteiger partial charge < -0.3 is 14.2 Å². The van der Waals surface area contributed by atoms with Crippen molar-refractivity contribution >= 4 is 12.0 Å². The van der Waals surface area contributed by atoms with Crippen molar-refractivity contribution in [3.05, 3.63) is 35.4 Å². The van der Waals surface area contributed by atoms with E-state index in [9.17, 15) is 4.79 Å². The number of hydrogen-bond donors (Lipinski definition) is 0. The number of carbonyl (C=O) groups is 1. The van der Waals surface area contributed by atoms with Gasteiger partial charge in [-0.25, -0.2) is 4.79 Å². The second-order valence-corrected chi connectivity index (χ2v) is 4.36. The van der Waals surface area contributed by atoms with Gasteiger partial charge in [0.25, 0.3) is 0 Å². The van der Waals surface area contributed by atoms with Crippen LogP contribution in [0.5, 0.6) is 5.75 Å². The second kappa shape index (κ2) is 4.82. The summed E-state index contributed by atoms with van der Waals surface area (Å²) in [5.74, 6) is 0.551. The summed E-state index contributed by atoms with van der Waals surface area (Å²) < 4.78 is 15.7. The molecule has 94 valence electrons. The molecular weight excluding hydrogens is 232 g/mol. The van der Waals surface area contributed by atoms with E-state index in [1.807, 2.05) is 30.3 Å². The normalized spacial score (nSPS) is 24.1. The van der Waals surface area contributed by atoms with Gasteiger partial charge in [-0.3, -0.25) is 0 Å². The Labute approximate surface area is 105 Å². The highest BCUT2D eigenvalue weighted by molar-refractivity contribution is 5.95. The highest BCUT2D eigenvalue weighted by Gasteiger charge is 2.23. The first-order valence-corrected chi connectivity index (χ1v) is 6.04. The topological polar surface area (TPSA) is 48.1 Å². The van der Waals surface area contributed by atoms with Crippen molar-refractivity contribution in [2.45, 2.75) is 12.5 Å². The highest BCUT2D eigenvalue weighted by atomic mass is 16.6. The van der Waals surface area contributed by atoms with Crippen LogP contribution in [0.1, 0.15) is 12.0 Å². The number of hydrogen-bond acceptors (Lipinski definition) is 4. The molecule has 1 aromatic carbocycles. The lowest BCUT2D eigenvalue weighted by molar-refractivity contribution is -0.134. The number of cyclic esters (lactones) is 1. The predicted octanol–water partition coefficient (Wildman–Crippen LogP) is 1.79. The maximum Gasteiger partial charge on any atom is 0.334 e. The van der Waals surface area contributed by atoms with Crippen LogP contribution in [0.25, 0.3) is 6.08 Å². The molecule has 2 heterocycles. The smallest absolute Gasteiger partial charge is 0.334 e. The van der Waals surface area contributed by atoms with Crippen molar-refractivity contribution in [3.63, 3.8) is 0 Å². The lowest BCUT2D eigenvalue weighted by Gasteiger charge is -2.07. The molecule has 18 heavy (non-hydrogen) atoms. The standard InChI is InChI=1S/C14H14O4/c15-14-11(5-6-16-14)7-10-3-1-2-4-13(10)18-9-12-8-17-12/h1-4,7,12H,5-6,8-9H2/b11-7+/t12-/m0/s1. The maximum absolute atomic E-state index is 11.4. The van der Waals surface area contributed by atoms with Gasteiger partial charge in [-0.1, -0.05) is 18.2 Å². The quantitative estimate of drug-likeness (QED) is 0.461. The van der Waals surface area contributed by atoms with E-state index in [1.165, 1.54) is 0 Å². The molecule has 4 heteroatoms. The van der Waals surface area contributed by atoms with E-state index in [1.54, 1.807) is 0 Å². The van der Waals surface area contributed by atoms with Crippen LogP contribution in [0.2, 0.25) is 0 Å². The summed E-state index contributed by atoms with van der Waals surface area (Å²) in [5.41, 5.74) is 1.61. The lowest BCUT2D eigenvalue weighted by Crippen LogP contribution is -2.05. The second-order valence-electron chi connectivity index (χ2n) is 4.36. The molecular formula is C14H14O4. The SMILES string of the molecule is O=C1OCC/C1=C\c1ccccc1OC[C@@H]1CO1. The van der Waals surface area contributed by atoms with E-state index in [-0.39, 0.29) is 12.1 Å². The minimum Gasteiger partial charge on any atom is -0.490 e. The van der Waals surface area contributed by atoms with E-state index in [2.05, 4.69) is 0 Å². The predicted molar refractivity (Wildman–Crippen MR) is 65.2 cm³/mol. The fourth-order valence-corrected chi connectivity index (χ4v) is 1.85. The molecule has 0 saturated carbocycles. The van der Waals surface area contributed by atoms with Gasteiger partial charge in [0.05, 0.1) is 13.2 Å². The van der Waals surface area contributed by atoms with Gasteiger partial charge in [-0.15, -0.1) is 0 Å². The first-order chi connectivity index (χ1) is 8.83. The number of para-hydroxylation sites is 1. The van der Waals surface area contributed by atoms with Crippen LogP contribution in [0.4, 0.5) is 0 Å². The van der Waals surface area contributed by atoms with E-state index < -0.39 is 0 Å². The molecule has 0 N–H and O–H groups in total. The Kier molecular flexibility index (Phi) is 3.02. The molecule has 0 amide bonds. The van der Waals surface area contributed by atoms with Gasteiger partial charge in [0.1, 0.15) is 18.5 Å². The Morgan fingerprint density at radius 1 is 1.39 bits per heavy atom.